The molecule has 1 aromatic heterocycles. The smallest absolute Gasteiger partial charge is 0.262 e. The first-order chi connectivity index (χ1) is 16.7. The number of carbonyl (C=O) groups is 2. The zero-order valence-corrected chi connectivity index (χ0v) is 20.4. The fourth-order valence-corrected chi connectivity index (χ4v) is 6.76. The number of para-hydroxylation sites is 2. The van der Waals surface area contributed by atoms with E-state index in [9.17, 15) is 14.4 Å². The van der Waals surface area contributed by atoms with Gasteiger partial charge in [0.15, 0.2) is 0 Å². The molecule has 3 aliphatic heterocycles. The van der Waals surface area contributed by atoms with Crippen molar-refractivity contribution in [3.8, 4) is 0 Å². The maximum absolute atomic E-state index is 14.1. The highest BCUT2D eigenvalue weighted by Gasteiger charge is 2.69. The Balaban J connectivity index is 1.69. The van der Waals surface area contributed by atoms with Crippen molar-refractivity contribution in [2.45, 2.75) is 57.8 Å². The van der Waals surface area contributed by atoms with Gasteiger partial charge < -0.3 is 4.90 Å². The van der Waals surface area contributed by atoms with E-state index in [2.05, 4.69) is 26.5 Å². The number of nitrogens with zero attached hydrogens (tertiary/aromatic N) is 4. The van der Waals surface area contributed by atoms with Gasteiger partial charge in [-0.3, -0.25) is 23.9 Å². The van der Waals surface area contributed by atoms with Crippen molar-refractivity contribution in [1.29, 1.82) is 0 Å². The molecule has 0 unspecified atom stereocenters. The molecule has 7 heteroatoms. The first kappa shape index (κ1) is 21.8. The molecule has 2 amide bonds. The molecule has 0 bridgehead atoms. The predicted molar refractivity (Wildman–Crippen MR) is 134 cm³/mol. The monoisotopic (exact) mass is 468 g/mol. The van der Waals surface area contributed by atoms with Gasteiger partial charge in [-0.2, -0.15) is 0 Å². The fraction of sp³-hybridized carbons (Fsp3) is 0.357. The number of rotatable bonds is 2. The summed E-state index contributed by atoms with van der Waals surface area (Å²) in [5.74, 6) is 0.280. The van der Waals surface area contributed by atoms with Crippen molar-refractivity contribution in [1.82, 2.24) is 14.5 Å². The molecular formula is C28H28N4O3. The highest BCUT2D eigenvalue weighted by Crippen LogP contribution is 2.65. The quantitative estimate of drug-likeness (QED) is 0.531. The Morgan fingerprint density at radius 2 is 1.83 bits per heavy atom. The van der Waals surface area contributed by atoms with E-state index < -0.39 is 29.1 Å². The van der Waals surface area contributed by atoms with Gasteiger partial charge in [0.25, 0.3) is 5.56 Å². The van der Waals surface area contributed by atoms with Gasteiger partial charge in [-0.1, -0.05) is 50.3 Å². The van der Waals surface area contributed by atoms with Gasteiger partial charge in [0.1, 0.15) is 18.0 Å². The van der Waals surface area contributed by atoms with Gasteiger partial charge in [0, 0.05) is 18.0 Å². The van der Waals surface area contributed by atoms with Crippen LogP contribution in [0.2, 0.25) is 0 Å². The minimum atomic E-state index is -0.731. The van der Waals surface area contributed by atoms with E-state index in [4.69, 9.17) is 4.98 Å². The Morgan fingerprint density at radius 3 is 2.54 bits per heavy atom. The van der Waals surface area contributed by atoms with Crippen molar-refractivity contribution < 1.29 is 9.59 Å². The average Bonchev–Trinajstić information content (AvgIpc) is 3.34. The number of hydrogen-bond donors (Lipinski definition) is 0. The van der Waals surface area contributed by atoms with Crippen LogP contribution in [0.4, 0.5) is 5.69 Å². The second kappa shape index (κ2) is 6.90. The SMILES string of the molecule is C=CC(C)(C)[C@@]12C[C@H]3c4nc5ccccc5c(=O)n4[C@H](C)C(=O)N3[C@@H]1N(C(C)=O)c1ccccc12. The summed E-state index contributed by atoms with van der Waals surface area (Å²) in [6.45, 7) is 11.7. The number of aromatic nitrogens is 2. The Labute approximate surface area is 203 Å². The van der Waals surface area contributed by atoms with Crippen molar-refractivity contribution in [2.24, 2.45) is 5.41 Å². The van der Waals surface area contributed by atoms with Gasteiger partial charge >= 0.3 is 0 Å². The van der Waals surface area contributed by atoms with Crippen LogP contribution >= 0.6 is 0 Å². The summed E-state index contributed by atoms with van der Waals surface area (Å²) >= 11 is 0. The standard InChI is InChI=1S/C28H28N4O3/c1-6-27(4,5)28-15-22-23-29-20-13-9-7-11-18(20)25(35)30(23)16(2)24(34)32(22)26(28)31(17(3)33)21-14-10-8-12-19(21)28/h6-14,16,22,26H,1,15H2,2-5H3/t16-,22+,26+,28-/m1/s1. The first-order valence-corrected chi connectivity index (χ1v) is 12.0. The number of allylic oxidation sites excluding steroid dienone is 1. The minimum Gasteiger partial charge on any atom is -0.309 e. The lowest BCUT2D eigenvalue weighted by atomic mass is 9.60. The Morgan fingerprint density at radius 1 is 1.14 bits per heavy atom. The highest BCUT2D eigenvalue weighted by molar-refractivity contribution is 5.98. The number of hydrogen-bond acceptors (Lipinski definition) is 4. The van der Waals surface area contributed by atoms with E-state index in [0.29, 0.717) is 23.1 Å². The molecule has 6 rings (SSSR count). The Bertz CT molecular complexity index is 1510. The molecule has 2 aromatic carbocycles. The number of amides is 2. The van der Waals surface area contributed by atoms with Crippen molar-refractivity contribution in [3.63, 3.8) is 0 Å². The summed E-state index contributed by atoms with van der Waals surface area (Å²) in [4.78, 5) is 49.3. The van der Waals surface area contributed by atoms with Crippen LogP contribution in [0.1, 0.15) is 57.6 Å². The lowest BCUT2D eigenvalue weighted by molar-refractivity contribution is -0.141. The summed E-state index contributed by atoms with van der Waals surface area (Å²) in [7, 11) is 0. The van der Waals surface area contributed by atoms with E-state index in [1.165, 1.54) is 0 Å². The second-order valence-electron chi connectivity index (χ2n) is 10.5. The second-order valence-corrected chi connectivity index (χ2v) is 10.5. The van der Waals surface area contributed by atoms with E-state index in [-0.39, 0.29) is 17.4 Å². The van der Waals surface area contributed by atoms with Gasteiger partial charge in [0.2, 0.25) is 11.8 Å². The number of fused-ring (bicyclic) bond motifs is 8. The van der Waals surface area contributed by atoms with Crippen molar-refractivity contribution >= 4 is 28.4 Å². The molecule has 1 saturated heterocycles. The molecule has 178 valence electrons. The van der Waals surface area contributed by atoms with Gasteiger partial charge in [-0.25, -0.2) is 4.98 Å². The van der Waals surface area contributed by atoms with Gasteiger partial charge in [0.05, 0.1) is 16.9 Å². The van der Waals surface area contributed by atoms with Crippen LogP contribution in [0.5, 0.6) is 0 Å². The van der Waals surface area contributed by atoms with Crippen molar-refractivity contribution in [3.05, 3.63) is 82.9 Å². The molecule has 7 nitrogen and oxygen atoms in total. The maximum Gasteiger partial charge on any atom is 0.262 e. The molecule has 35 heavy (non-hydrogen) atoms. The predicted octanol–water partition coefficient (Wildman–Crippen LogP) is 4.09. The lowest BCUT2D eigenvalue weighted by Gasteiger charge is -2.46. The number of anilines is 1. The molecule has 0 aliphatic carbocycles. The molecule has 4 atom stereocenters. The molecule has 0 spiro atoms. The molecule has 3 aromatic rings. The number of benzene rings is 2. The summed E-state index contributed by atoms with van der Waals surface area (Å²) in [5.41, 5.74) is 1.17. The van der Waals surface area contributed by atoms with E-state index in [0.717, 1.165) is 11.3 Å². The van der Waals surface area contributed by atoms with Crippen LogP contribution in [0, 0.1) is 5.41 Å². The van der Waals surface area contributed by atoms with E-state index in [1.54, 1.807) is 29.4 Å². The van der Waals surface area contributed by atoms with Gasteiger partial charge in [-0.05, 0) is 42.5 Å². The van der Waals surface area contributed by atoms with Gasteiger partial charge in [-0.15, -0.1) is 6.58 Å². The minimum absolute atomic E-state index is 0.125. The molecule has 0 saturated carbocycles. The third-order valence-corrected chi connectivity index (χ3v) is 8.58. The molecule has 0 N–H and O–H groups in total. The Hall–Kier alpha value is -3.74. The zero-order chi connectivity index (χ0) is 24.9. The van der Waals surface area contributed by atoms with Crippen LogP contribution in [-0.4, -0.2) is 32.4 Å². The van der Waals surface area contributed by atoms with Crippen LogP contribution in [0.15, 0.2) is 66.0 Å². The summed E-state index contributed by atoms with van der Waals surface area (Å²) in [6.07, 6.45) is 1.91. The topological polar surface area (TPSA) is 75.5 Å². The van der Waals surface area contributed by atoms with Crippen LogP contribution < -0.4 is 10.5 Å². The molecule has 4 heterocycles. The zero-order valence-electron chi connectivity index (χ0n) is 20.4. The normalized spacial score (nSPS) is 26.9. The molecule has 3 aliphatic rings. The first-order valence-electron chi connectivity index (χ1n) is 12.0. The van der Waals surface area contributed by atoms with Crippen LogP contribution in [0.25, 0.3) is 10.9 Å². The fourth-order valence-electron chi connectivity index (χ4n) is 6.76. The average molecular weight is 469 g/mol. The molecule has 1 fully saturated rings. The summed E-state index contributed by atoms with van der Waals surface area (Å²) < 4.78 is 1.56. The van der Waals surface area contributed by atoms with Crippen molar-refractivity contribution in [2.75, 3.05) is 4.90 Å². The molecular weight excluding hydrogens is 440 g/mol. The third-order valence-electron chi connectivity index (χ3n) is 8.58. The maximum atomic E-state index is 14.1. The Kier molecular flexibility index (Phi) is 4.29. The highest BCUT2D eigenvalue weighted by atomic mass is 16.2. The van der Waals surface area contributed by atoms with E-state index >= 15 is 0 Å². The molecule has 0 radical (unpaired) electrons. The summed E-state index contributed by atoms with van der Waals surface area (Å²) in [6, 6.07) is 14.0. The largest absolute Gasteiger partial charge is 0.309 e. The van der Waals surface area contributed by atoms with E-state index in [1.807, 2.05) is 47.4 Å². The lowest BCUT2D eigenvalue weighted by Crippen LogP contribution is -2.59. The third kappa shape index (κ3) is 2.45. The van der Waals surface area contributed by atoms with Crippen LogP contribution in [-0.2, 0) is 15.0 Å². The summed E-state index contributed by atoms with van der Waals surface area (Å²) in [5, 5.41) is 0.499. The number of carbonyl (C=O) groups excluding carboxylic acids is 2. The van der Waals surface area contributed by atoms with Crippen LogP contribution in [0.3, 0.4) is 0 Å².